The van der Waals surface area contributed by atoms with E-state index in [4.69, 9.17) is 0 Å². The summed E-state index contributed by atoms with van der Waals surface area (Å²) in [6, 6.07) is 14.9. The quantitative estimate of drug-likeness (QED) is 0.196. The predicted octanol–water partition coefficient (Wildman–Crippen LogP) is 11.6. The van der Waals surface area contributed by atoms with Crippen molar-refractivity contribution in [1.82, 2.24) is 0 Å². The molecule has 0 aliphatic carbocycles. The Kier molecular flexibility index (Phi) is 4.78. The van der Waals surface area contributed by atoms with E-state index >= 15 is 0 Å². The molecule has 176 valence electrons. The van der Waals surface area contributed by atoms with Crippen LogP contribution in [0.15, 0.2) is 36.4 Å². The molecule has 35 heavy (non-hydrogen) atoms. The highest BCUT2D eigenvalue weighted by atomic mass is 32.1. The molecule has 7 aromatic rings. The molecule has 0 saturated heterocycles. The number of aryl methyl sites for hydroxylation is 3. The Hall–Kier alpha value is -1.98. The zero-order valence-corrected chi connectivity index (χ0v) is 24.3. The van der Waals surface area contributed by atoms with Gasteiger partial charge in [-0.15, -0.1) is 45.3 Å². The van der Waals surface area contributed by atoms with Crippen LogP contribution in [0.5, 0.6) is 0 Å². The minimum atomic E-state index is 0.153. The molecule has 4 heteroatoms. The van der Waals surface area contributed by atoms with E-state index in [1.165, 1.54) is 81.4 Å². The van der Waals surface area contributed by atoms with E-state index in [9.17, 15) is 0 Å². The number of thiophene rings is 4. The van der Waals surface area contributed by atoms with Gasteiger partial charge in [0.2, 0.25) is 0 Å². The van der Waals surface area contributed by atoms with Gasteiger partial charge in [0, 0.05) is 81.4 Å². The topological polar surface area (TPSA) is 0 Å². The molecule has 0 atom stereocenters. The SMILES string of the molecule is CCc1cc2c3cc(C)sc3c3cc4c(cc3c2s1)c1sc(CC)cc1c1cc(C(C)(C)C)sc14. The van der Waals surface area contributed by atoms with Gasteiger partial charge in [0.25, 0.3) is 0 Å². The minimum Gasteiger partial charge on any atom is -0.140 e. The van der Waals surface area contributed by atoms with Crippen molar-refractivity contribution in [3.05, 3.63) is 55.9 Å². The van der Waals surface area contributed by atoms with E-state index in [0.717, 1.165) is 12.8 Å². The van der Waals surface area contributed by atoms with Gasteiger partial charge in [0.1, 0.15) is 0 Å². The van der Waals surface area contributed by atoms with E-state index in [-0.39, 0.29) is 5.41 Å². The second-order valence-corrected chi connectivity index (χ2v) is 15.3. The summed E-state index contributed by atoms with van der Waals surface area (Å²) >= 11 is 7.96. The summed E-state index contributed by atoms with van der Waals surface area (Å²) in [6.07, 6.45) is 2.19. The van der Waals surface area contributed by atoms with Crippen LogP contribution in [0.3, 0.4) is 0 Å². The molecule has 0 aliphatic rings. The van der Waals surface area contributed by atoms with E-state index < -0.39 is 0 Å². The van der Waals surface area contributed by atoms with E-state index in [0.29, 0.717) is 0 Å². The van der Waals surface area contributed by atoms with Crippen LogP contribution < -0.4 is 0 Å². The van der Waals surface area contributed by atoms with Gasteiger partial charge in [-0.1, -0.05) is 34.6 Å². The van der Waals surface area contributed by atoms with E-state index in [2.05, 4.69) is 77.9 Å². The molecule has 0 saturated carbocycles. The Morgan fingerprint density at radius 1 is 0.514 bits per heavy atom. The first-order valence-corrected chi connectivity index (χ1v) is 15.7. The molecule has 0 radical (unpaired) electrons. The van der Waals surface area contributed by atoms with Crippen molar-refractivity contribution < 1.29 is 0 Å². The monoisotopic (exact) mass is 528 g/mol. The van der Waals surface area contributed by atoms with Crippen LogP contribution in [-0.2, 0) is 18.3 Å². The minimum absolute atomic E-state index is 0.153. The van der Waals surface area contributed by atoms with Crippen molar-refractivity contribution in [3.63, 3.8) is 0 Å². The second kappa shape index (κ2) is 7.52. The lowest BCUT2D eigenvalue weighted by Crippen LogP contribution is -2.07. The van der Waals surface area contributed by atoms with Crippen molar-refractivity contribution in [2.75, 3.05) is 0 Å². The molecule has 0 amide bonds. The first-order valence-electron chi connectivity index (χ1n) is 12.5. The Labute approximate surface area is 221 Å². The fourth-order valence-corrected chi connectivity index (χ4v) is 10.1. The number of fused-ring (bicyclic) bond motifs is 12. The zero-order valence-electron chi connectivity index (χ0n) is 21.0. The summed E-state index contributed by atoms with van der Waals surface area (Å²) in [6.45, 7) is 13.8. The summed E-state index contributed by atoms with van der Waals surface area (Å²) in [4.78, 5) is 5.84. The Morgan fingerprint density at radius 2 is 0.914 bits per heavy atom. The third kappa shape index (κ3) is 3.13. The second-order valence-electron chi connectivity index (χ2n) is 10.8. The van der Waals surface area contributed by atoms with Crippen LogP contribution >= 0.6 is 45.3 Å². The van der Waals surface area contributed by atoms with Crippen molar-refractivity contribution in [2.24, 2.45) is 0 Å². The van der Waals surface area contributed by atoms with E-state index in [1.807, 2.05) is 45.3 Å². The van der Waals surface area contributed by atoms with Gasteiger partial charge in [-0.3, -0.25) is 0 Å². The molecule has 0 aliphatic heterocycles. The zero-order chi connectivity index (χ0) is 24.2. The van der Waals surface area contributed by atoms with Crippen LogP contribution in [0.4, 0.5) is 0 Å². The molecular weight excluding hydrogens is 501 g/mol. The van der Waals surface area contributed by atoms with Gasteiger partial charge >= 0.3 is 0 Å². The Morgan fingerprint density at radius 3 is 1.40 bits per heavy atom. The summed E-state index contributed by atoms with van der Waals surface area (Å²) in [5, 5.41) is 11.5. The molecule has 4 heterocycles. The maximum absolute atomic E-state index is 2.55. The van der Waals surface area contributed by atoms with Crippen molar-refractivity contribution >= 4 is 107 Å². The van der Waals surface area contributed by atoms with Gasteiger partial charge in [-0.05, 0) is 61.6 Å². The van der Waals surface area contributed by atoms with Crippen LogP contribution in [0.1, 0.15) is 54.1 Å². The van der Waals surface area contributed by atoms with Gasteiger partial charge in [0.15, 0.2) is 0 Å². The molecule has 0 nitrogen and oxygen atoms in total. The largest absolute Gasteiger partial charge is 0.140 e. The molecular formula is C31H28S4. The van der Waals surface area contributed by atoms with Crippen LogP contribution in [0.25, 0.3) is 61.9 Å². The van der Waals surface area contributed by atoms with Crippen molar-refractivity contribution in [1.29, 1.82) is 0 Å². The molecule has 3 aromatic carbocycles. The van der Waals surface area contributed by atoms with Crippen molar-refractivity contribution in [3.8, 4) is 0 Å². The summed E-state index contributed by atoms with van der Waals surface area (Å²) in [5.41, 5.74) is 0.153. The lowest BCUT2D eigenvalue weighted by atomic mass is 9.93. The lowest BCUT2D eigenvalue weighted by molar-refractivity contribution is 0.604. The highest BCUT2D eigenvalue weighted by Gasteiger charge is 2.22. The number of benzene rings is 3. The average Bonchev–Trinajstić information content (AvgIpc) is 3.60. The van der Waals surface area contributed by atoms with E-state index in [1.54, 1.807) is 0 Å². The number of rotatable bonds is 2. The summed E-state index contributed by atoms with van der Waals surface area (Å²) < 4.78 is 5.84. The Bertz CT molecular complexity index is 1960. The van der Waals surface area contributed by atoms with Gasteiger partial charge in [0.05, 0.1) is 0 Å². The molecule has 0 bridgehead atoms. The fraction of sp³-hybridized carbons (Fsp3) is 0.290. The third-order valence-electron chi connectivity index (χ3n) is 7.31. The number of hydrogen-bond donors (Lipinski definition) is 0. The molecule has 7 rings (SSSR count). The molecule has 0 spiro atoms. The Balaban J connectivity index is 1.75. The van der Waals surface area contributed by atoms with Crippen LogP contribution in [-0.4, -0.2) is 0 Å². The number of hydrogen-bond acceptors (Lipinski definition) is 4. The first-order chi connectivity index (χ1) is 16.8. The highest BCUT2D eigenvalue weighted by molar-refractivity contribution is 7.23. The van der Waals surface area contributed by atoms with Gasteiger partial charge in [-0.25, -0.2) is 0 Å². The average molecular weight is 529 g/mol. The molecule has 0 unspecified atom stereocenters. The lowest BCUT2D eigenvalue weighted by Gasteiger charge is -2.15. The molecule has 0 fully saturated rings. The standard InChI is InChI=1S/C31H28S4/c1-7-16-10-19-18-9-15(3)32-27(18)21-12-24-23(13-22(21)28(19)33-16)29-20(11-17(8-2)34-29)25-14-26(31(4,5)6)35-30(24)25/h9-14H,7-8H2,1-6H3. The van der Waals surface area contributed by atoms with Crippen molar-refractivity contribution in [2.45, 2.75) is 59.8 Å². The fourth-order valence-electron chi connectivity index (χ4n) is 5.46. The molecule has 4 aromatic heterocycles. The van der Waals surface area contributed by atoms with Gasteiger partial charge in [-0.2, -0.15) is 0 Å². The maximum atomic E-state index is 2.55. The van der Waals surface area contributed by atoms with Crippen LogP contribution in [0, 0.1) is 6.92 Å². The smallest absolute Gasteiger partial charge is 0.0431 e. The highest BCUT2D eigenvalue weighted by Crippen LogP contribution is 2.49. The first kappa shape index (κ1) is 22.2. The normalized spacial score (nSPS) is 13.1. The predicted molar refractivity (Wildman–Crippen MR) is 165 cm³/mol. The maximum Gasteiger partial charge on any atom is 0.0431 e. The summed E-state index contributed by atoms with van der Waals surface area (Å²) in [5.74, 6) is 0. The summed E-state index contributed by atoms with van der Waals surface area (Å²) in [7, 11) is 0. The van der Waals surface area contributed by atoms with Crippen LogP contribution in [0.2, 0.25) is 0 Å². The third-order valence-corrected chi connectivity index (χ3v) is 12.6. The molecule has 0 N–H and O–H groups in total. The van der Waals surface area contributed by atoms with Gasteiger partial charge < -0.3 is 0 Å².